The summed E-state index contributed by atoms with van der Waals surface area (Å²) in [5.41, 5.74) is 15.5. The maximum Gasteiger partial charge on any atom is 3.00 e. The predicted molar refractivity (Wildman–Crippen MR) is 267 cm³/mol. The zero-order valence-corrected chi connectivity index (χ0v) is 47.3. The summed E-state index contributed by atoms with van der Waals surface area (Å²) in [6.07, 6.45) is 5.64. The number of methoxy groups -OCH3 is 2. The van der Waals surface area contributed by atoms with Crippen molar-refractivity contribution in [2.75, 3.05) is 45.5 Å². The van der Waals surface area contributed by atoms with Crippen LogP contribution in [-0.4, -0.2) is 90.9 Å². The standard InChI is InChI=1S/2C15H15N3O3.3C5H8O2.3C2H6O.2Tb/c2*1-21-13-8-4-5-10(14(13)19)9-17-18-15(20)11-6-2-3-7-12(11)16;3*1-4(6)3-5(2)7;3*1-2-3;;/h2*2-9,19H,16H2,1H3,(H,18,20);3*3,6H,1-2H3;3*3H,2H2,1H3;;/q;;;;;;;;2*+3/p-6/b2*17-9+;3*4-3-;;;;;. The molecule has 4 aromatic carbocycles. The second kappa shape index (κ2) is 50.6. The van der Waals surface area contributed by atoms with Crippen molar-refractivity contribution < 1.29 is 152 Å². The first-order chi connectivity index (χ1) is 33.9. The number of hydrazone groups is 1. The summed E-state index contributed by atoms with van der Waals surface area (Å²) in [6, 6.07) is 22.8. The number of hydrogen-bond acceptors (Lipinski definition) is 20. The van der Waals surface area contributed by atoms with Gasteiger partial charge in [-0.3, -0.25) is 19.2 Å². The molecule has 0 aromatic heterocycles. The molecule has 0 aliphatic heterocycles. The van der Waals surface area contributed by atoms with Crippen molar-refractivity contribution in [3.63, 3.8) is 0 Å². The van der Waals surface area contributed by atoms with Gasteiger partial charge in [-0.05, 0) is 101 Å². The van der Waals surface area contributed by atoms with E-state index in [9.17, 15) is 49.8 Å². The number of carbonyl (C=O) groups excluding carboxylic acids is 4. The van der Waals surface area contributed by atoms with Crippen molar-refractivity contribution in [3.8, 4) is 23.0 Å². The van der Waals surface area contributed by atoms with E-state index in [2.05, 4.69) is 20.7 Å². The fourth-order valence-corrected chi connectivity index (χ4v) is 4.26. The van der Waals surface area contributed by atoms with Crippen LogP contribution in [0.2, 0.25) is 0 Å². The minimum atomic E-state index is -0.570. The molecule has 0 bridgehead atoms. The fraction of sp³-hybridized carbons (Fsp3) is 0.275. The Morgan fingerprint density at radius 3 is 1.18 bits per heavy atom. The fourth-order valence-electron chi connectivity index (χ4n) is 4.26. The van der Waals surface area contributed by atoms with Crippen LogP contribution in [-0.2, 0) is 14.4 Å². The number of benzene rings is 4. The third-order valence-corrected chi connectivity index (χ3v) is 6.79. The third kappa shape index (κ3) is 43.6. The van der Waals surface area contributed by atoms with Gasteiger partial charge in [0.15, 0.2) is 17.3 Å². The van der Waals surface area contributed by atoms with Crippen molar-refractivity contribution in [2.24, 2.45) is 15.3 Å². The molecule has 74 heavy (non-hydrogen) atoms. The Labute approximate surface area is 494 Å². The molecule has 0 unspecified atom stereocenters. The van der Waals surface area contributed by atoms with Gasteiger partial charge in [-0.1, -0.05) is 86.9 Å². The number of rotatable bonds is 11. The van der Waals surface area contributed by atoms with E-state index in [1.165, 1.54) is 68.2 Å². The van der Waals surface area contributed by atoms with Gasteiger partial charge in [0.05, 0.1) is 32.2 Å². The quantitative estimate of drug-likeness (QED) is 0.0306. The van der Waals surface area contributed by atoms with Crippen LogP contribution in [0.15, 0.2) is 136 Å². The number of carbonyl (C=O) groups is 4. The van der Waals surface area contributed by atoms with E-state index in [4.69, 9.17) is 36.3 Å². The maximum absolute atomic E-state index is 11.9. The molecule has 408 valence electrons. The number of anilines is 2. The van der Waals surface area contributed by atoms with Crippen LogP contribution in [0.4, 0.5) is 11.4 Å². The molecule has 23 heteroatoms. The van der Waals surface area contributed by atoms with Gasteiger partial charge >= 0.3 is 77.2 Å². The first kappa shape index (κ1) is 79.5. The van der Waals surface area contributed by atoms with Gasteiger partial charge in [-0.15, -0.1) is 17.3 Å². The summed E-state index contributed by atoms with van der Waals surface area (Å²) in [6.45, 7) is 13.9. The number of nitrogens with one attached hydrogen (secondary N) is 1. The van der Waals surface area contributed by atoms with Crippen LogP contribution in [0.3, 0.4) is 0 Å². The number of nitrogens with zero attached hydrogens (tertiary/aromatic N) is 3. The van der Waals surface area contributed by atoms with Gasteiger partial charge in [-0.2, -0.15) is 15.3 Å². The van der Waals surface area contributed by atoms with Crippen molar-refractivity contribution in [2.45, 2.75) is 62.3 Å². The minimum Gasteiger partial charge on any atom is -0.876 e. The zero-order chi connectivity index (χ0) is 56.2. The van der Waals surface area contributed by atoms with Crippen molar-refractivity contribution in [1.82, 2.24) is 5.43 Å². The normalized spacial score (nSPS) is 10.3. The number of amides is 1. The average molecular weight is 1320 g/mol. The summed E-state index contributed by atoms with van der Waals surface area (Å²) < 4.78 is 9.83. The number of hydrogen-bond donors (Lipinski definition) is 6. The average Bonchev–Trinajstić information content (AvgIpc) is 3.28. The SMILES string of the molecule is CC(=O)/C=C(/C)[O-].CC(=O)/C=C(/C)[O-].CC(=O)/C=C(/C)[O-].CCO.CCO.CCO.COc1cccc(/C=N/N=C(\[O-])c2ccccc2N)c1[O-].COc1cccc(/C=N/NC(=O)c2ccccc2N)c1[O-].[Tb+3].[Tb+3]. The minimum absolute atomic E-state index is 0. The molecule has 0 fully saturated rings. The van der Waals surface area contributed by atoms with Gasteiger partial charge in [-0.25, -0.2) is 5.43 Å². The zero-order valence-electron chi connectivity index (χ0n) is 43.0. The molecule has 0 radical (unpaired) electrons. The molecule has 0 heterocycles. The molecular formula is C51H66N6O15Tb2. The van der Waals surface area contributed by atoms with Gasteiger partial charge in [0.1, 0.15) is 11.5 Å². The summed E-state index contributed by atoms with van der Waals surface area (Å²) in [5.74, 6) is -2.32. The number of allylic oxidation sites excluding steroid dienone is 6. The molecule has 8 N–H and O–H groups in total. The summed E-state index contributed by atoms with van der Waals surface area (Å²) in [5, 5.41) is 99.0. The maximum atomic E-state index is 11.9. The number of ketones is 3. The van der Waals surface area contributed by atoms with E-state index in [0.29, 0.717) is 22.5 Å². The van der Waals surface area contributed by atoms with E-state index in [1.54, 1.807) is 106 Å². The number of para-hydroxylation sites is 4. The third-order valence-electron chi connectivity index (χ3n) is 6.79. The summed E-state index contributed by atoms with van der Waals surface area (Å²) in [4.78, 5) is 41.8. The van der Waals surface area contributed by atoms with Crippen LogP contribution >= 0.6 is 0 Å². The van der Waals surface area contributed by atoms with Gasteiger partial charge in [0.25, 0.3) is 5.91 Å². The first-order valence-electron chi connectivity index (χ1n) is 21.3. The molecule has 4 aromatic rings. The smallest absolute Gasteiger partial charge is 0.876 e. The van der Waals surface area contributed by atoms with E-state index in [1.807, 2.05) is 0 Å². The van der Waals surface area contributed by atoms with Crippen LogP contribution in [0, 0.1) is 77.2 Å². The molecular weight excluding hydrogens is 1250 g/mol. The summed E-state index contributed by atoms with van der Waals surface area (Å²) >= 11 is 0. The van der Waals surface area contributed by atoms with Crippen molar-refractivity contribution in [1.29, 1.82) is 0 Å². The second-order valence-electron chi connectivity index (χ2n) is 13.3. The number of nitrogens with two attached hydrogens (primary N) is 2. The number of nitrogen functional groups attached to an aromatic ring is 2. The largest absolute Gasteiger partial charge is 3.00 e. The van der Waals surface area contributed by atoms with Crippen LogP contribution in [0.1, 0.15) is 89.4 Å². The van der Waals surface area contributed by atoms with Crippen molar-refractivity contribution >= 4 is 53.0 Å². The van der Waals surface area contributed by atoms with Gasteiger partial charge < -0.3 is 66.9 Å². The Hall–Kier alpha value is -5.96. The molecule has 0 saturated heterocycles. The van der Waals surface area contributed by atoms with Gasteiger partial charge in [0.2, 0.25) is 0 Å². The molecule has 4 rings (SSSR count). The molecule has 0 aliphatic rings. The number of ether oxygens (including phenoxy) is 2. The monoisotopic (exact) mass is 1320 g/mol. The molecule has 1 amide bonds. The van der Waals surface area contributed by atoms with Crippen LogP contribution < -0.4 is 57.0 Å². The molecule has 0 aliphatic carbocycles. The molecule has 0 atom stereocenters. The predicted octanol–water partition coefficient (Wildman–Crippen LogP) is 1.12. The molecule has 21 nitrogen and oxygen atoms in total. The topological polar surface area (TPSA) is 387 Å². The number of aliphatic hydroxyl groups is 3. The molecule has 0 saturated carbocycles. The number of aliphatic hydroxyl groups excluding tert-OH is 3. The Kier molecular flexibility index (Phi) is 54.3. The Balaban J connectivity index is -0.000000201. The Morgan fingerprint density at radius 2 is 0.878 bits per heavy atom. The van der Waals surface area contributed by atoms with Gasteiger partial charge in [0, 0.05) is 42.7 Å². The Morgan fingerprint density at radius 1 is 0.554 bits per heavy atom. The molecule has 0 spiro atoms. The van der Waals surface area contributed by atoms with E-state index < -0.39 is 11.8 Å². The van der Waals surface area contributed by atoms with E-state index >= 15 is 0 Å². The van der Waals surface area contributed by atoms with Crippen LogP contribution in [0.5, 0.6) is 23.0 Å². The first-order valence-corrected chi connectivity index (χ1v) is 21.3. The van der Waals surface area contributed by atoms with E-state index in [-0.39, 0.29) is 166 Å². The summed E-state index contributed by atoms with van der Waals surface area (Å²) in [7, 11) is 2.82. The second-order valence-corrected chi connectivity index (χ2v) is 13.3. The Bertz CT molecular complexity index is 2330. The van der Waals surface area contributed by atoms with E-state index in [0.717, 1.165) is 18.2 Å². The van der Waals surface area contributed by atoms with Crippen molar-refractivity contribution in [3.05, 3.63) is 143 Å². The van der Waals surface area contributed by atoms with Crippen LogP contribution in [0.25, 0.3) is 0 Å².